The summed E-state index contributed by atoms with van der Waals surface area (Å²) in [6.45, 7) is 4.67. The van der Waals surface area contributed by atoms with Gasteiger partial charge in [0.05, 0.1) is 18.7 Å². The third-order valence-electron chi connectivity index (χ3n) is 10.1. The summed E-state index contributed by atoms with van der Waals surface area (Å²) in [5, 5.41) is 22.7. The Morgan fingerprint density at radius 2 is 2.05 bits per heavy atom. The summed E-state index contributed by atoms with van der Waals surface area (Å²) in [5.41, 5.74) is -2.60. The molecule has 15 heteroatoms. The largest absolute Gasteiger partial charge is 0.472 e. The van der Waals surface area contributed by atoms with E-state index in [1.165, 1.54) is 16.0 Å². The lowest BCUT2D eigenvalue weighted by Crippen LogP contribution is -2.62. The Morgan fingerprint density at radius 3 is 2.70 bits per heavy atom. The van der Waals surface area contributed by atoms with Crippen molar-refractivity contribution in [3.05, 3.63) is 18.3 Å². The summed E-state index contributed by atoms with van der Waals surface area (Å²) < 4.78 is 48.7. The maximum atomic E-state index is 15.2. The number of fused-ring (bicyclic) bond motifs is 6. The number of amides is 3. The molecule has 3 N–H and O–H groups in total. The number of likely N-dealkylation sites (tertiary alicyclic amines) is 2. The van der Waals surface area contributed by atoms with Crippen LogP contribution in [-0.4, -0.2) is 92.2 Å². The molecular formula is C29H34ClF3N6O5. The first kappa shape index (κ1) is 30.9. The fourth-order valence-electron chi connectivity index (χ4n) is 8.17. The van der Waals surface area contributed by atoms with E-state index in [1.54, 1.807) is 32.9 Å². The van der Waals surface area contributed by atoms with Crippen molar-refractivity contribution in [3.8, 4) is 11.8 Å². The van der Waals surface area contributed by atoms with Gasteiger partial charge in [0.25, 0.3) is 5.91 Å². The molecular weight excluding hydrogens is 605 g/mol. The molecule has 0 radical (unpaired) electrons. The number of nitriles is 1. The number of hydrogen-bond acceptors (Lipinski definition) is 8. The molecule has 10 unspecified atom stereocenters. The van der Waals surface area contributed by atoms with Gasteiger partial charge in [-0.05, 0) is 65.7 Å². The number of anilines is 1. The molecule has 2 saturated heterocycles. The SMILES string of the molecule is CC(C)(C)C(NC(=O)C(F)(F)Cl)C(=O)N1CC2C3CC(F)C(C3)C2C1C(O)N1CC2(CC1C#N)Oc1cccnc1NC2=O. The molecule has 1 spiro atoms. The van der Waals surface area contributed by atoms with E-state index >= 15 is 4.39 Å². The summed E-state index contributed by atoms with van der Waals surface area (Å²) in [6.07, 6.45) is -0.391. The van der Waals surface area contributed by atoms with Gasteiger partial charge in [0, 0.05) is 19.2 Å². The van der Waals surface area contributed by atoms with Gasteiger partial charge in [-0.2, -0.15) is 14.0 Å². The summed E-state index contributed by atoms with van der Waals surface area (Å²) in [6, 6.07) is 1.85. The standard InChI is InChI=1S/C29H34ClF3N6O5/c1-27(2,3)21(36-26(43)29(30,32)33)24(41)38-11-16-13-7-15(17(31)8-13)19(16)20(38)23(40)39-12-28(9-14(39)10-34)25(42)37-22-18(44-28)5-4-6-35-22/h4-6,13-17,19-21,23,40H,7-9,11-12H2,1-3H3,(H,36,43)(H,35,37,42). The van der Waals surface area contributed by atoms with Gasteiger partial charge in [0.1, 0.15) is 24.5 Å². The number of pyridine rings is 1. The monoisotopic (exact) mass is 638 g/mol. The van der Waals surface area contributed by atoms with Crippen molar-refractivity contribution in [2.45, 2.75) is 81.5 Å². The van der Waals surface area contributed by atoms with Crippen LogP contribution in [0.15, 0.2) is 18.3 Å². The van der Waals surface area contributed by atoms with Crippen LogP contribution in [0.5, 0.6) is 5.75 Å². The van der Waals surface area contributed by atoms with E-state index in [2.05, 4.69) is 21.7 Å². The second kappa shape index (κ2) is 10.5. The molecule has 2 saturated carbocycles. The van der Waals surface area contributed by atoms with E-state index in [1.807, 2.05) is 0 Å². The van der Waals surface area contributed by atoms with Crippen molar-refractivity contribution in [2.24, 2.45) is 29.1 Å². The van der Waals surface area contributed by atoms with Crippen molar-refractivity contribution in [3.63, 3.8) is 0 Å². The van der Waals surface area contributed by atoms with E-state index in [0.717, 1.165) is 0 Å². The number of aliphatic hydroxyl groups excluding tert-OH is 1. The smallest absolute Gasteiger partial charge is 0.399 e. The van der Waals surface area contributed by atoms with Crippen LogP contribution in [0.3, 0.4) is 0 Å². The number of ether oxygens (including phenoxy) is 1. The van der Waals surface area contributed by atoms with Gasteiger partial charge >= 0.3 is 11.3 Å². The number of carbonyl (C=O) groups excluding carboxylic acids is 3. The number of halogens is 4. The molecule has 3 aliphatic heterocycles. The second-order valence-corrected chi connectivity index (χ2v) is 14.2. The van der Waals surface area contributed by atoms with E-state index in [4.69, 9.17) is 16.3 Å². The molecule has 3 amide bonds. The van der Waals surface area contributed by atoms with Crippen LogP contribution in [0, 0.1) is 40.4 Å². The molecule has 44 heavy (non-hydrogen) atoms. The highest BCUT2D eigenvalue weighted by Crippen LogP contribution is 2.59. The molecule has 2 bridgehead atoms. The zero-order valence-corrected chi connectivity index (χ0v) is 25.1. The highest BCUT2D eigenvalue weighted by Gasteiger charge is 2.65. The van der Waals surface area contributed by atoms with Crippen LogP contribution in [0.1, 0.15) is 40.0 Å². The van der Waals surface area contributed by atoms with Gasteiger partial charge < -0.3 is 25.4 Å². The van der Waals surface area contributed by atoms with Crippen LogP contribution in [0.2, 0.25) is 0 Å². The van der Waals surface area contributed by atoms with Crippen molar-refractivity contribution in [1.82, 2.24) is 20.1 Å². The third-order valence-corrected chi connectivity index (χ3v) is 10.3. The van der Waals surface area contributed by atoms with Gasteiger partial charge in [-0.15, -0.1) is 0 Å². The topological polar surface area (TPSA) is 148 Å². The molecule has 0 aromatic carbocycles. The number of rotatable bonds is 5. The Bertz CT molecular complexity index is 1420. The van der Waals surface area contributed by atoms with Crippen molar-refractivity contribution >= 4 is 35.1 Å². The fourth-order valence-corrected chi connectivity index (χ4v) is 8.23. The number of nitrogens with one attached hydrogen (secondary N) is 2. The Labute approximate surface area is 257 Å². The average molecular weight is 639 g/mol. The van der Waals surface area contributed by atoms with Crippen LogP contribution < -0.4 is 15.4 Å². The number of carbonyl (C=O) groups is 3. The van der Waals surface area contributed by atoms with Gasteiger partial charge in [0.2, 0.25) is 11.5 Å². The zero-order valence-electron chi connectivity index (χ0n) is 24.3. The summed E-state index contributed by atoms with van der Waals surface area (Å²) in [7, 11) is 0. The van der Waals surface area contributed by atoms with Gasteiger partial charge in [-0.3, -0.25) is 19.3 Å². The molecule has 5 aliphatic rings. The normalized spacial score (nSPS) is 35.8. The number of aliphatic hydroxyl groups is 1. The first-order valence-electron chi connectivity index (χ1n) is 14.7. The van der Waals surface area contributed by atoms with Gasteiger partial charge in [-0.1, -0.05) is 20.8 Å². The maximum Gasteiger partial charge on any atom is 0.399 e. The van der Waals surface area contributed by atoms with Crippen LogP contribution in [0.4, 0.5) is 19.0 Å². The van der Waals surface area contributed by atoms with E-state index in [-0.39, 0.29) is 37.2 Å². The Hall–Kier alpha value is -3.15. The first-order chi connectivity index (χ1) is 20.6. The van der Waals surface area contributed by atoms with E-state index < -0.39 is 76.5 Å². The van der Waals surface area contributed by atoms with Crippen LogP contribution in [0.25, 0.3) is 0 Å². The molecule has 238 valence electrons. The quantitative estimate of drug-likeness (QED) is 0.416. The predicted molar refractivity (Wildman–Crippen MR) is 149 cm³/mol. The number of nitrogens with zero attached hydrogens (tertiary/aromatic N) is 4. The number of alkyl halides is 4. The Balaban J connectivity index is 1.34. The zero-order chi connectivity index (χ0) is 31.9. The maximum absolute atomic E-state index is 15.2. The predicted octanol–water partition coefficient (Wildman–Crippen LogP) is 2.25. The number of aromatic nitrogens is 1. The van der Waals surface area contributed by atoms with Gasteiger partial charge in [-0.25, -0.2) is 9.37 Å². The highest BCUT2D eigenvalue weighted by molar-refractivity contribution is 6.32. The molecule has 6 rings (SSSR count). The Kier molecular flexibility index (Phi) is 7.33. The fraction of sp³-hybridized carbons (Fsp3) is 0.690. The molecule has 10 atom stereocenters. The second-order valence-electron chi connectivity index (χ2n) is 13.7. The lowest BCUT2D eigenvalue weighted by atomic mass is 9.77. The summed E-state index contributed by atoms with van der Waals surface area (Å²) in [5.74, 6) is -3.76. The highest BCUT2D eigenvalue weighted by atomic mass is 35.5. The number of hydrogen-bond donors (Lipinski definition) is 3. The minimum atomic E-state index is -4.26. The molecule has 4 heterocycles. The first-order valence-corrected chi connectivity index (χ1v) is 15.0. The van der Waals surface area contributed by atoms with Crippen LogP contribution >= 0.6 is 11.6 Å². The average Bonchev–Trinajstić information content (AvgIpc) is 3.70. The van der Waals surface area contributed by atoms with Gasteiger partial charge in [0.15, 0.2) is 11.6 Å². The van der Waals surface area contributed by atoms with Crippen molar-refractivity contribution in [2.75, 3.05) is 18.4 Å². The van der Waals surface area contributed by atoms with Crippen molar-refractivity contribution in [1.29, 1.82) is 5.26 Å². The van der Waals surface area contributed by atoms with Crippen LogP contribution in [-0.2, 0) is 14.4 Å². The third kappa shape index (κ3) is 4.87. The molecule has 1 aromatic heterocycles. The lowest BCUT2D eigenvalue weighted by molar-refractivity contribution is -0.150. The minimum absolute atomic E-state index is 0.0458. The molecule has 11 nitrogen and oxygen atoms in total. The molecule has 1 aromatic rings. The van der Waals surface area contributed by atoms with E-state index in [0.29, 0.717) is 18.6 Å². The lowest BCUT2D eigenvalue weighted by Gasteiger charge is -2.42. The Morgan fingerprint density at radius 1 is 1.32 bits per heavy atom. The van der Waals surface area contributed by atoms with E-state index in [9.17, 15) is 33.5 Å². The summed E-state index contributed by atoms with van der Waals surface area (Å²) >= 11 is 4.96. The minimum Gasteiger partial charge on any atom is -0.472 e. The van der Waals surface area contributed by atoms with Crippen molar-refractivity contribution < 1.29 is 37.4 Å². The molecule has 2 aliphatic carbocycles. The molecule has 4 fully saturated rings. The summed E-state index contributed by atoms with van der Waals surface area (Å²) in [4.78, 5) is 46.6.